The second-order valence-electron chi connectivity index (χ2n) is 7.06. The first-order valence-corrected chi connectivity index (χ1v) is 11.2. The number of nitrogens with zero attached hydrogens (tertiary/aromatic N) is 1. The summed E-state index contributed by atoms with van der Waals surface area (Å²) in [6.45, 7) is 8.78. The number of carbonyl (C=O) groups is 1. The summed E-state index contributed by atoms with van der Waals surface area (Å²) in [7, 11) is -3.48. The lowest BCUT2D eigenvalue weighted by molar-refractivity contribution is -0.116. The predicted molar refractivity (Wildman–Crippen MR) is 114 cm³/mol. The molecule has 1 N–H and O–H groups in total. The highest BCUT2D eigenvalue weighted by Crippen LogP contribution is 2.19. The van der Waals surface area contributed by atoms with Crippen molar-refractivity contribution < 1.29 is 13.2 Å². The second-order valence-corrected chi connectivity index (χ2v) is 9.00. The molecule has 0 saturated heterocycles. The number of hydrogen-bond acceptors (Lipinski definition) is 3. The van der Waals surface area contributed by atoms with Gasteiger partial charge in [0.15, 0.2) is 0 Å². The van der Waals surface area contributed by atoms with Gasteiger partial charge >= 0.3 is 0 Å². The Hall–Kier alpha value is -2.18. The van der Waals surface area contributed by atoms with E-state index in [1.165, 1.54) is 22.0 Å². The van der Waals surface area contributed by atoms with E-state index in [2.05, 4.69) is 43.4 Å². The SMILES string of the molecule is CCN(CC)S(=O)(=O)c1ccc(NC(=O)CCc2ccc(C(C)C)cc2)cc1. The van der Waals surface area contributed by atoms with Gasteiger partial charge < -0.3 is 5.32 Å². The van der Waals surface area contributed by atoms with Gasteiger partial charge in [0.1, 0.15) is 0 Å². The summed E-state index contributed by atoms with van der Waals surface area (Å²) >= 11 is 0. The minimum absolute atomic E-state index is 0.0905. The number of sulfonamides is 1. The molecule has 0 saturated carbocycles. The average molecular weight is 403 g/mol. The van der Waals surface area contributed by atoms with Crippen LogP contribution in [-0.4, -0.2) is 31.7 Å². The average Bonchev–Trinajstić information content (AvgIpc) is 2.68. The van der Waals surface area contributed by atoms with E-state index >= 15 is 0 Å². The molecule has 152 valence electrons. The Morgan fingerprint density at radius 2 is 1.54 bits per heavy atom. The van der Waals surface area contributed by atoms with Crippen LogP contribution in [0, 0.1) is 0 Å². The highest BCUT2D eigenvalue weighted by atomic mass is 32.2. The van der Waals surface area contributed by atoms with Gasteiger partial charge in [-0.1, -0.05) is 52.0 Å². The molecule has 0 aromatic heterocycles. The fourth-order valence-corrected chi connectivity index (χ4v) is 4.43. The molecule has 0 aliphatic carbocycles. The van der Waals surface area contributed by atoms with Gasteiger partial charge in [-0.25, -0.2) is 8.42 Å². The molecule has 2 aromatic carbocycles. The van der Waals surface area contributed by atoms with Crippen LogP contribution in [0.5, 0.6) is 0 Å². The fourth-order valence-electron chi connectivity index (χ4n) is 2.97. The van der Waals surface area contributed by atoms with Crippen molar-refractivity contribution in [3.8, 4) is 0 Å². The van der Waals surface area contributed by atoms with E-state index in [4.69, 9.17) is 0 Å². The van der Waals surface area contributed by atoms with E-state index in [-0.39, 0.29) is 10.8 Å². The summed E-state index contributed by atoms with van der Waals surface area (Å²) in [5.41, 5.74) is 3.01. The molecule has 0 heterocycles. The van der Waals surface area contributed by atoms with E-state index in [1.54, 1.807) is 12.1 Å². The molecule has 0 spiro atoms. The van der Waals surface area contributed by atoms with Crippen LogP contribution in [0.25, 0.3) is 0 Å². The maximum absolute atomic E-state index is 12.5. The third-order valence-corrected chi connectivity index (χ3v) is 6.83. The molecular weight excluding hydrogens is 372 g/mol. The fraction of sp³-hybridized carbons (Fsp3) is 0.409. The van der Waals surface area contributed by atoms with Crippen LogP contribution >= 0.6 is 0 Å². The number of anilines is 1. The van der Waals surface area contributed by atoms with Crippen LogP contribution in [0.2, 0.25) is 0 Å². The zero-order valence-electron chi connectivity index (χ0n) is 17.1. The summed E-state index contributed by atoms with van der Waals surface area (Å²) in [4.78, 5) is 12.4. The number of carbonyl (C=O) groups excluding carboxylic acids is 1. The van der Waals surface area contributed by atoms with E-state index in [9.17, 15) is 13.2 Å². The Kier molecular flexibility index (Phi) is 7.78. The molecule has 5 nitrogen and oxygen atoms in total. The van der Waals surface area contributed by atoms with Gasteiger partial charge in [-0.05, 0) is 47.7 Å². The van der Waals surface area contributed by atoms with Gasteiger partial charge in [0.05, 0.1) is 4.90 Å². The molecular formula is C22H30N2O3S. The van der Waals surface area contributed by atoms with Crippen molar-refractivity contribution in [3.05, 3.63) is 59.7 Å². The van der Waals surface area contributed by atoms with Gasteiger partial charge in [0.25, 0.3) is 0 Å². The molecule has 2 rings (SSSR count). The zero-order valence-corrected chi connectivity index (χ0v) is 17.9. The molecule has 0 atom stereocenters. The smallest absolute Gasteiger partial charge is 0.243 e. The van der Waals surface area contributed by atoms with Crippen molar-refractivity contribution in [1.82, 2.24) is 4.31 Å². The third kappa shape index (κ3) is 5.66. The molecule has 0 aliphatic heterocycles. The number of nitrogens with one attached hydrogen (secondary N) is 1. The largest absolute Gasteiger partial charge is 0.326 e. The first kappa shape index (κ1) is 22.1. The first-order chi connectivity index (χ1) is 13.3. The van der Waals surface area contributed by atoms with Crippen LogP contribution < -0.4 is 5.32 Å². The van der Waals surface area contributed by atoms with Crippen LogP contribution in [0.3, 0.4) is 0 Å². The van der Waals surface area contributed by atoms with E-state index in [1.807, 2.05) is 13.8 Å². The Morgan fingerprint density at radius 3 is 2.04 bits per heavy atom. The van der Waals surface area contributed by atoms with E-state index < -0.39 is 10.0 Å². The molecule has 0 bridgehead atoms. The number of hydrogen-bond donors (Lipinski definition) is 1. The quantitative estimate of drug-likeness (QED) is 0.675. The molecule has 1 amide bonds. The third-order valence-electron chi connectivity index (χ3n) is 4.77. The van der Waals surface area contributed by atoms with Crippen LogP contribution in [0.1, 0.15) is 51.2 Å². The monoisotopic (exact) mass is 402 g/mol. The van der Waals surface area contributed by atoms with Gasteiger partial charge in [-0.3, -0.25) is 4.79 Å². The lowest BCUT2D eigenvalue weighted by Gasteiger charge is -2.18. The van der Waals surface area contributed by atoms with Gasteiger partial charge in [-0.15, -0.1) is 0 Å². The second kappa shape index (κ2) is 9.85. The molecule has 2 aromatic rings. The maximum atomic E-state index is 12.5. The van der Waals surface area contributed by atoms with Crippen LogP contribution in [0.4, 0.5) is 5.69 Å². The Bertz CT molecular complexity index is 869. The standard InChI is InChI=1S/C22H30N2O3S/c1-5-24(6-2)28(26,27)21-14-12-20(13-15-21)23-22(25)16-9-18-7-10-19(11-8-18)17(3)4/h7-8,10-15,17H,5-6,9,16H2,1-4H3,(H,23,25). The Morgan fingerprint density at radius 1 is 0.964 bits per heavy atom. The molecule has 0 fully saturated rings. The highest BCUT2D eigenvalue weighted by molar-refractivity contribution is 7.89. The van der Waals surface area contributed by atoms with Crippen molar-refractivity contribution >= 4 is 21.6 Å². The summed E-state index contributed by atoms with van der Waals surface area (Å²) in [5, 5.41) is 2.83. The van der Waals surface area contributed by atoms with Gasteiger partial charge in [0, 0.05) is 25.2 Å². The lowest BCUT2D eigenvalue weighted by atomic mass is 10.0. The highest BCUT2D eigenvalue weighted by Gasteiger charge is 2.21. The van der Waals surface area contributed by atoms with Gasteiger partial charge in [0.2, 0.25) is 15.9 Å². The summed E-state index contributed by atoms with van der Waals surface area (Å²) in [6, 6.07) is 14.7. The minimum Gasteiger partial charge on any atom is -0.326 e. The molecule has 0 unspecified atom stereocenters. The molecule has 28 heavy (non-hydrogen) atoms. The van der Waals surface area contributed by atoms with Gasteiger partial charge in [-0.2, -0.15) is 4.31 Å². The topological polar surface area (TPSA) is 66.5 Å². The molecule has 0 radical (unpaired) electrons. The van der Waals surface area contributed by atoms with E-state index in [0.29, 0.717) is 37.5 Å². The molecule has 0 aliphatic rings. The summed E-state index contributed by atoms with van der Waals surface area (Å²) in [6.07, 6.45) is 1.04. The maximum Gasteiger partial charge on any atom is 0.243 e. The Balaban J connectivity index is 1.93. The number of aryl methyl sites for hydroxylation is 1. The minimum atomic E-state index is -3.48. The normalized spacial score (nSPS) is 11.8. The van der Waals surface area contributed by atoms with Crippen LogP contribution in [-0.2, 0) is 21.2 Å². The predicted octanol–water partition coefficient (Wildman–Crippen LogP) is 4.41. The summed E-state index contributed by atoms with van der Waals surface area (Å²) < 4.78 is 26.4. The van der Waals surface area contributed by atoms with Crippen molar-refractivity contribution in [2.45, 2.75) is 51.3 Å². The number of benzene rings is 2. The van der Waals surface area contributed by atoms with Crippen molar-refractivity contribution in [2.75, 3.05) is 18.4 Å². The van der Waals surface area contributed by atoms with Crippen molar-refractivity contribution in [3.63, 3.8) is 0 Å². The molecule has 6 heteroatoms. The van der Waals surface area contributed by atoms with Crippen molar-refractivity contribution in [2.24, 2.45) is 0 Å². The Labute approximate surface area is 168 Å². The first-order valence-electron chi connectivity index (χ1n) is 9.76. The summed E-state index contributed by atoms with van der Waals surface area (Å²) in [5.74, 6) is 0.401. The number of rotatable bonds is 9. The lowest BCUT2D eigenvalue weighted by Crippen LogP contribution is -2.30. The number of amides is 1. The van der Waals surface area contributed by atoms with E-state index in [0.717, 1.165) is 5.56 Å². The van der Waals surface area contributed by atoms with Crippen LogP contribution in [0.15, 0.2) is 53.4 Å². The zero-order chi connectivity index (χ0) is 20.7. The van der Waals surface area contributed by atoms with Crippen molar-refractivity contribution in [1.29, 1.82) is 0 Å².